The summed E-state index contributed by atoms with van der Waals surface area (Å²) in [5.74, 6) is -5.74. The topological polar surface area (TPSA) is 96.7 Å². The lowest BCUT2D eigenvalue weighted by molar-refractivity contribution is -0.141. The highest BCUT2D eigenvalue weighted by Crippen LogP contribution is 2.47. The molecule has 208 valence electrons. The van der Waals surface area contributed by atoms with E-state index < -0.39 is 79.1 Å². The molecule has 0 spiro atoms. The quantitative estimate of drug-likeness (QED) is 0.341. The van der Waals surface area contributed by atoms with Crippen LogP contribution in [0.15, 0.2) is 82.6 Å². The van der Waals surface area contributed by atoms with Gasteiger partial charge in [-0.1, -0.05) is 54.6 Å². The molecule has 1 aliphatic heterocycles. The van der Waals surface area contributed by atoms with E-state index in [0.717, 1.165) is 25.2 Å². The molecule has 40 heavy (non-hydrogen) atoms. The van der Waals surface area contributed by atoms with Gasteiger partial charge in [-0.05, 0) is 28.5 Å². The molecule has 4 aromatic rings. The maximum atomic E-state index is 16.6. The number of pyridine rings is 1. The Hall–Kier alpha value is -4.10. The summed E-state index contributed by atoms with van der Waals surface area (Å²) in [4.78, 5) is 25.3. The molecule has 1 unspecified atom stereocenters. The molecule has 1 N–H and O–H groups in total. The second-order valence-electron chi connectivity index (χ2n) is 9.27. The molecule has 0 fully saturated rings. The highest BCUT2D eigenvalue weighted by atomic mass is 32.2. The fourth-order valence-electron chi connectivity index (χ4n) is 4.93. The standard InChI is InChI=1S/C27H19F5N2O5S/c1-33-14-21(25(36)37)34-22(35)13-20(26(28,29)19-11-5-7-15-6-2-3-10-18(15)19)23(24(34)40(33,38)39)16-8-4-9-17(12-16)27(30,31)32/h2-13,21H,14H2,1H3,(H,36,37). The fraction of sp³-hybridized carbons (Fsp3) is 0.185. The number of carboxylic acids is 1. The normalized spacial score (nSPS) is 17.5. The van der Waals surface area contributed by atoms with E-state index in [9.17, 15) is 36.3 Å². The van der Waals surface area contributed by atoms with Crippen molar-refractivity contribution >= 4 is 26.8 Å². The Morgan fingerprint density at radius 3 is 2.25 bits per heavy atom. The number of fused-ring (bicyclic) bond motifs is 2. The van der Waals surface area contributed by atoms with Crippen LogP contribution in [-0.4, -0.2) is 42.0 Å². The Labute approximate surface area is 223 Å². The number of carboxylic acid groups (broad SMARTS) is 1. The predicted octanol–water partition coefficient (Wildman–Crippen LogP) is 5.09. The summed E-state index contributed by atoms with van der Waals surface area (Å²) >= 11 is 0. The third-order valence-corrected chi connectivity index (χ3v) is 8.69. The highest BCUT2D eigenvalue weighted by molar-refractivity contribution is 7.89. The van der Waals surface area contributed by atoms with Gasteiger partial charge >= 0.3 is 12.1 Å². The van der Waals surface area contributed by atoms with Gasteiger partial charge in [0.25, 0.3) is 21.5 Å². The summed E-state index contributed by atoms with van der Waals surface area (Å²) in [6.07, 6.45) is -4.92. The fourth-order valence-corrected chi connectivity index (χ4v) is 6.51. The number of sulfonamides is 1. The van der Waals surface area contributed by atoms with Crippen LogP contribution in [0.1, 0.15) is 22.7 Å². The summed E-state index contributed by atoms with van der Waals surface area (Å²) in [5, 5.41) is 9.09. The van der Waals surface area contributed by atoms with Crippen LogP contribution >= 0.6 is 0 Å². The van der Waals surface area contributed by atoms with Crippen molar-refractivity contribution in [2.24, 2.45) is 0 Å². The van der Waals surface area contributed by atoms with Gasteiger partial charge in [0, 0.05) is 36.3 Å². The number of alkyl halides is 5. The van der Waals surface area contributed by atoms with Gasteiger partial charge < -0.3 is 5.11 Å². The first kappa shape index (κ1) is 27.5. The van der Waals surface area contributed by atoms with Crippen molar-refractivity contribution < 1.29 is 40.3 Å². The van der Waals surface area contributed by atoms with E-state index >= 15 is 8.78 Å². The van der Waals surface area contributed by atoms with E-state index in [-0.39, 0.29) is 5.39 Å². The van der Waals surface area contributed by atoms with Crippen LogP contribution in [0.3, 0.4) is 0 Å². The maximum Gasteiger partial charge on any atom is 0.416 e. The number of hydrogen-bond acceptors (Lipinski definition) is 4. The van der Waals surface area contributed by atoms with Gasteiger partial charge in [0.15, 0.2) is 5.03 Å². The number of hydrogen-bond donors (Lipinski definition) is 1. The van der Waals surface area contributed by atoms with Crippen molar-refractivity contribution in [1.82, 2.24) is 8.87 Å². The smallest absolute Gasteiger partial charge is 0.416 e. The number of carbonyl (C=O) groups is 1. The number of likely N-dealkylation sites (N-methyl/N-ethyl adjacent to an activating group) is 1. The molecular weight excluding hydrogens is 559 g/mol. The lowest BCUT2D eigenvalue weighted by Crippen LogP contribution is -2.48. The van der Waals surface area contributed by atoms with Crippen LogP contribution < -0.4 is 5.56 Å². The first-order valence-electron chi connectivity index (χ1n) is 11.7. The van der Waals surface area contributed by atoms with Gasteiger partial charge in [0.05, 0.1) is 5.56 Å². The third-order valence-electron chi connectivity index (χ3n) is 6.83. The first-order chi connectivity index (χ1) is 18.7. The van der Waals surface area contributed by atoms with Gasteiger partial charge in [-0.15, -0.1) is 0 Å². The Bertz CT molecular complexity index is 1850. The number of aromatic nitrogens is 1. The summed E-state index contributed by atoms with van der Waals surface area (Å²) < 4.78 is 102. The zero-order valence-corrected chi connectivity index (χ0v) is 21.3. The minimum absolute atomic E-state index is 0.0613. The number of nitrogens with zero attached hydrogens (tertiary/aromatic N) is 2. The average Bonchev–Trinajstić information content (AvgIpc) is 2.89. The number of rotatable bonds is 4. The van der Waals surface area contributed by atoms with Gasteiger partial charge in [-0.25, -0.2) is 13.2 Å². The molecule has 0 bridgehead atoms. The van der Waals surface area contributed by atoms with Crippen molar-refractivity contribution in [2.45, 2.75) is 23.2 Å². The van der Waals surface area contributed by atoms with Gasteiger partial charge in [-0.3, -0.25) is 9.36 Å². The van der Waals surface area contributed by atoms with E-state index in [2.05, 4.69) is 0 Å². The molecule has 2 heterocycles. The third kappa shape index (κ3) is 4.25. The van der Waals surface area contributed by atoms with Crippen LogP contribution in [0.2, 0.25) is 0 Å². The lowest BCUT2D eigenvalue weighted by Gasteiger charge is -2.34. The van der Waals surface area contributed by atoms with Crippen molar-refractivity contribution in [3.63, 3.8) is 0 Å². The van der Waals surface area contributed by atoms with Crippen LogP contribution in [-0.2, 0) is 26.9 Å². The first-order valence-corrected chi connectivity index (χ1v) is 13.1. The molecule has 5 rings (SSSR count). The van der Waals surface area contributed by atoms with E-state index in [4.69, 9.17) is 0 Å². The zero-order chi connectivity index (χ0) is 29.2. The Morgan fingerprint density at radius 2 is 1.57 bits per heavy atom. The molecule has 7 nitrogen and oxygen atoms in total. The number of halogens is 5. The monoisotopic (exact) mass is 578 g/mol. The molecule has 0 saturated heterocycles. The van der Waals surface area contributed by atoms with Crippen molar-refractivity contribution in [1.29, 1.82) is 0 Å². The van der Waals surface area contributed by atoms with E-state index in [1.165, 1.54) is 18.2 Å². The highest BCUT2D eigenvalue weighted by Gasteiger charge is 2.47. The lowest BCUT2D eigenvalue weighted by atomic mass is 9.90. The van der Waals surface area contributed by atoms with Crippen molar-refractivity contribution in [3.05, 3.63) is 99.8 Å². The average molecular weight is 579 g/mol. The molecule has 13 heteroatoms. The summed E-state index contributed by atoms with van der Waals surface area (Å²) in [5.41, 5.74) is -5.91. The van der Waals surface area contributed by atoms with E-state index in [1.807, 2.05) is 0 Å². The molecule has 0 radical (unpaired) electrons. The molecule has 0 aliphatic carbocycles. The number of aliphatic carboxylic acids is 1. The van der Waals surface area contributed by atoms with Crippen LogP contribution in [0.25, 0.3) is 21.9 Å². The SMILES string of the molecule is CN1CC(C(=O)O)n2c(c(-c3cccc(C(F)(F)F)c3)c(C(F)(F)c3cccc4ccccc34)cc2=O)S1(=O)=O. The summed E-state index contributed by atoms with van der Waals surface area (Å²) in [6.45, 7) is -0.703. The molecule has 1 aromatic heterocycles. The molecule has 0 amide bonds. The minimum Gasteiger partial charge on any atom is -0.480 e. The predicted molar refractivity (Wildman–Crippen MR) is 135 cm³/mol. The second kappa shape index (κ2) is 9.24. The molecule has 3 aromatic carbocycles. The zero-order valence-electron chi connectivity index (χ0n) is 20.5. The largest absolute Gasteiger partial charge is 0.480 e. The van der Waals surface area contributed by atoms with Gasteiger partial charge in [-0.2, -0.15) is 26.3 Å². The van der Waals surface area contributed by atoms with Crippen LogP contribution in [0.4, 0.5) is 22.0 Å². The molecule has 1 atom stereocenters. The van der Waals surface area contributed by atoms with Gasteiger partial charge in [0.1, 0.15) is 6.04 Å². The number of benzene rings is 3. The Balaban J connectivity index is 1.97. The van der Waals surface area contributed by atoms with Crippen molar-refractivity contribution in [3.8, 4) is 11.1 Å². The Morgan fingerprint density at radius 1 is 0.925 bits per heavy atom. The van der Waals surface area contributed by atoms with E-state index in [0.29, 0.717) is 32.5 Å². The van der Waals surface area contributed by atoms with Crippen LogP contribution in [0.5, 0.6) is 0 Å². The summed E-state index contributed by atoms with van der Waals surface area (Å²) in [6, 6.07) is 11.7. The molecule has 0 saturated carbocycles. The summed E-state index contributed by atoms with van der Waals surface area (Å²) in [7, 11) is -3.84. The van der Waals surface area contributed by atoms with Crippen LogP contribution in [0, 0.1) is 0 Å². The molecule has 1 aliphatic rings. The Kier molecular flexibility index (Phi) is 6.34. The van der Waals surface area contributed by atoms with E-state index in [1.54, 1.807) is 18.2 Å². The minimum atomic E-state index is -4.92. The van der Waals surface area contributed by atoms with Gasteiger partial charge in [0.2, 0.25) is 0 Å². The van der Waals surface area contributed by atoms with Crippen molar-refractivity contribution in [2.75, 3.05) is 13.6 Å². The maximum absolute atomic E-state index is 16.6. The molecular formula is C27H19F5N2O5S. The second-order valence-corrected chi connectivity index (χ2v) is 11.2.